The van der Waals surface area contributed by atoms with Crippen LogP contribution >= 0.6 is 0 Å². The van der Waals surface area contributed by atoms with Gasteiger partial charge < -0.3 is 4.90 Å². The predicted molar refractivity (Wildman–Crippen MR) is 81.4 cm³/mol. The summed E-state index contributed by atoms with van der Waals surface area (Å²) < 4.78 is 26.8. The van der Waals surface area contributed by atoms with Crippen molar-refractivity contribution in [3.63, 3.8) is 0 Å². The first-order chi connectivity index (χ1) is 9.87. The number of hydrogen-bond acceptors (Lipinski definition) is 3. The number of carbonyl (C=O) groups is 1. The zero-order valence-electron chi connectivity index (χ0n) is 12.7. The molecule has 1 saturated heterocycles. The van der Waals surface area contributed by atoms with Crippen LogP contribution in [-0.2, 0) is 21.2 Å². The van der Waals surface area contributed by atoms with Gasteiger partial charge in [-0.25, -0.2) is 8.42 Å². The third-order valence-corrected chi connectivity index (χ3v) is 5.79. The first-order valence-corrected chi connectivity index (χ1v) is 8.64. The first kappa shape index (κ1) is 16.0. The lowest BCUT2D eigenvalue weighted by Crippen LogP contribution is -2.45. The van der Waals surface area contributed by atoms with Crippen LogP contribution in [0.1, 0.15) is 25.3 Å². The van der Waals surface area contributed by atoms with Crippen molar-refractivity contribution in [2.45, 2.75) is 37.1 Å². The Bertz CT molecular complexity index is 608. The normalized spacial score (nSPS) is 19.7. The van der Waals surface area contributed by atoms with E-state index in [1.54, 1.807) is 26.2 Å². The average Bonchev–Trinajstić information content (AvgIpc) is 2.96. The monoisotopic (exact) mass is 310 g/mol. The Morgan fingerprint density at radius 3 is 2.43 bits per heavy atom. The van der Waals surface area contributed by atoms with Gasteiger partial charge in [-0.3, -0.25) is 4.79 Å². The summed E-state index contributed by atoms with van der Waals surface area (Å²) in [4.78, 5) is 13.9. The molecule has 21 heavy (non-hydrogen) atoms. The lowest BCUT2D eigenvalue weighted by atomic mass is 10.2. The molecule has 1 amide bonds. The number of rotatable bonds is 4. The minimum absolute atomic E-state index is 0.152. The van der Waals surface area contributed by atoms with E-state index in [0.717, 1.165) is 18.4 Å². The highest BCUT2D eigenvalue weighted by Gasteiger charge is 2.39. The van der Waals surface area contributed by atoms with Crippen molar-refractivity contribution in [3.05, 3.63) is 29.8 Å². The summed E-state index contributed by atoms with van der Waals surface area (Å²) >= 11 is 0. The van der Waals surface area contributed by atoms with Crippen molar-refractivity contribution in [1.82, 2.24) is 9.21 Å². The summed E-state index contributed by atoms with van der Waals surface area (Å²) in [6.45, 7) is 2.43. The van der Waals surface area contributed by atoms with Crippen LogP contribution in [0.5, 0.6) is 0 Å². The first-order valence-electron chi connectivity index (χ1n) is 7.20. The summed E-state index contributed by atoms with van der Waals surface area (Å²) in [6, 6.07) is 6.33. The molecule has 5 nitrogen and oxygen atoms in total. The Kier molecular flexibility index (Phi) is 4.68. The number of nitrogens with zero attached hydrogens (tertiary/aromatic N) is 2. The van der Waals surface area contributed by atoms with Gasteiger partial charge in [0.2, 0.25) is 15.9 Å². The van der Waals surface area contributed by atoms with Gasteiger partial charge in [0.15, 0.2) is 0 Å². The molecular formula is C15H22N2O3S. The summed E-state index contributed by atoms with van der Waals surface area (Å²) in [7, 11) is -0.297. The number of amides is 1. The molecule has 1 heterocycles. The lowest BCUT2D eigenvalue weighted by molar-refractivity contribution is -0.132. The third kappa shape index (κ3) is 3.11. The standard InChI is InChI=1S/C15H22N2O3S/c1-4-12-7-9-13(10-8-12)21(19,20)17-11-5-6-14(17)15(18)16(2)3/h7-10,14H,4-6,11H2,1-3H3. The molecule has 1 atom stereocenters. The van der Waals surface area contributed by atoms with Crippen molar-refractivity contribution in [3.8, 4) is 0 Å². The highest BCUT2D eigenvalue weighted by Crippen LogP contribution is 2.27. The number of sulfonamides is 1. The Labute approximate surface area is 126 Å². The molecule has 1 aliphatic rings. The maximum absolute atomic E-state index is 12.7. The predicted octanol–water partition coefficient (Wildman–Crippen LogP) is 1.49. The van der Waals surface area contributed by atoms with Crippen molar-refractivity contribution in [2.75, 3.05) is 20.6 Å². The van der Waals surface area contributed by atoms with E-state index in [1.807, 2.05) is 19.1 Å². The summed E-state index contributed by atoms with van der Waals surface area (Å²) in [5.41, 5.74) is 1.09. The molecule has 0 radical (unpaired) electrons. The maximum atomic E-state index is 12.7. The van der Waals surface area contributed by atoms with Crippen molar-refractivity contribution < 1.29 is 13.2 Å². The van der Waals surface area contributed by atoms with E-state index in [-0.39, 0.29) is 10.8 Å². The Hall–Kier alpha value is -1.40. The van der Waals surface area contributed by atoms with Gasteiger partial charge in [-0.2, -0.15) is 4.31 Å². The van der Waals surface area contributed by atoms with Crippen LogP contribution < -0.4 is 0 Å². The van der Waals surface area contributed by atoms with E-state index in [4.69, 9.17) is 0 Å². The zero-order chi connectivity index (χ0) is 15.6. The van der Waals surface area contributed by atoms with Gasteiger partial charge in [-0.1, -0.05) is 19.1 Å². The average molecular weight is 310 g/mol. The second-order valence-electron chi connectivity index (χ2n) is 5.50. The van der Waals surface area contributed by atoms with Gasteiger partial charge >= 0.3 is 0 Å². The molecule has 1 aromatic rings. The van der Waals surface area contributed by atoms with Crippen LogP contribution in [0.3, 0.4) is 0 Å². The lowest BCUT2D eigenvalue weighted by Gasteiger charge is -2.25. The Morgan fingerprint density at radius 2 is 1.90 bits per heavy atom. The molecule has 0 bridgehead atoms. The van der Waals surface area contributed by atoms with Crippen molar-refractivity contribution in [1.29, 1.82) is 0 Å². The molecule has 6 heteroatoms. The minimum Gasteiger partial charge on any atom is -0.347 e. The smallest absolute Gasteiger partial charge is 0.243 e. The Balaban J connectivity index is 2.31. The number of benzene rings is 1. The van der Waals surface area contributed by atoms with E-state index in [2.05, 4.69) is 0 Å². The molecule has 0 N–H and O–H groups in total. The quantitative estimate of drug-likeness (QED) is 0.846. The van der Waals surface area contributed by atoms with Crippen LogP contribution in [0.4, 0.5) is 0 Å². The van der Waals surface area contributed by atoms with Gasteiger partial charge in [-0.05, 0) is 37.0 Å². The minimum atomic E-state index is -3.61. The van der Waals surface area contributed by atoms with Gasteiger partial charge in [0.25, 0.3) is 0 Å². The van der Waals surface area contributed by atoms with Crippen LogP contribution in [0, 0.1) is 0 Å². The van der Waals surface area contributed by atoms with E-state index >= 15 is 0 Å². The molecule has 0 saturated carbocycles. The molecule has 0 aliphatic carbocycles. The van der Waals surface area contributed by atoms with E-state index in [9.17, 15) is 13.2 Å². The molecule has 1 unspecified atom stereocenters. The largest absolute Gasteiger partial charge is 0.347 e. The summed E-state index contributed by atoms with van der Waals surface area (Å²) in [6.07, 6.45) is 2.17. The van der Waals surface area contributed by atoms with Crippen LogP contribution in [0.2, 0.25) is 0 Å². The maximum Gasteiger partial charge on any atom is 0.243 e. The SMILES string of the molecule is CCc1ccc(S(=O)(=O)N2CCCC2C(=O)N(C)C)cc1. The zero-order valence-corrected chi connectivity index (χ0v) is 13.6. The van der Waals surface area contributed by atoms with Crippen LogP contribution in [0.15, 0.2) is 29.2 Å². The summed E-state index contributed by atoms with van der Waals surface area (Å²) in [5, 5.41) is 0. The van der Waals surface area contributed by atoms with Gasteiger partial charge in [-0.15, -0.1) is 0 Å². The molecule has 1 fully saturated rings. The summed E-state index contributed by atoms with van der Waals surface area (Å²) in [5.74, 6) is -0.152. The molecule has 0 aromatic heterocycles. The third-order valence-electron chi connectivity index (χ3n) is 3.87. The topological polar surface area (TPSA) is 57.7 Å². The van der Waals surface area contributed by atoms with E-state index in [0.29, 0.717) is 13.0 Å². The highest BCUT2D eigenvalue weighted by molar-refractivity contribution is 7.89. The van der Waals surface area contributed by atoms with Gasteiger partial charge in [0.05, 0.1) is 4.90 Å². The fourth-order valence-corrected chi connectivity index (χ4v) is 4.26. The molecule has 2 rings (SSSR count). The Morgan fingerprint density at radius 1 is 1.29 bits per heavy atom. The molecule has 0 spiro atoms. The second-order valence-corrected chi connectivity index (χ2v) is 7.39. The number of aryl methyl sites for hydroxylation is 1. The highest BCUT2D eigenvalue weighted by atomic mass is 32.2. The fourth-order valence-electron chi connectivity index (χ4n) is 2.61. The molecule has 1 aromatic carbocycles. The fraction of sp³-hybridized carbons (Fsp3) is 0.533. The second kappa shape index (κ2) is 6.15. The van der Waals surface area contributed by atoms with Crippen molar-refractivity contribution in [2.24, 2.45) is 0 Å². The van der Waals surface area contributed by atoms with Crippen molar-refractivity contribution >= 4 is 15.9 Å². The van der Waals surface area contributed by atoms with Gasteiger partial charge in [0.1, 0.15) is 6.04 Å². The molecule has 116 valence electrons. The van der Waals surface area contributed by atoms with E-state index < -0.39 is 16.1 Å². The van der Waals surface area contributed by atoms with E-state index in [1.165, 1.54) is 9.21 Å². The van der Waals surface area contributed by atoms with Crippen LogP contribution in [-0.4, -0.2) is 50.2 Å². The number of hydrogen-bond donors (Lipinski definition) is 0. The molecular weight excluding hydrogens is 288 g/mol. The van der Waals surface area contributed by atoms with Gasteiger partial charge in [0, 0.05) is 20.6 Å². The van der Waals surface area contributed by atoms with Crippen LogP contribution in [0.25, 0.3) is 0 Å². The number of carbonyl (C=O) groups excluding carboxylic acids is 1. The number of likely N-dealkylation sites (N-methyl/N-ethyl adjacent to an activating group) is 1. The molecule has 1 aliphatic heterocycles.